The summed E-state index contributed by atoms with van der Waals surface area (Å²) < 4.78 is 0. The summed E-state index contributed by atoms with van der Waals surface area (Å²) in [5.41, 5.74) is 0. The fraction of sp³-hybridized carbons (Fsp3) is 0.500. The second-order valence-corrected chi connectivity index (χ2v) is 2.54. The van der Waals surface area contributed by atoms with Crippen LogP contribution in [0, 0.1) is 24.2 Å². The average Bonchev–Trinajstić information content (AvgIpc) is 1.85. The van der Waals surface area contributed by atoms with Crippen LogP contribution < -0.4 is 0 Å². The van der Waals surface area contributed by atoms with Gasteiger partial charge < -0.3 is 10.2 Å². The van der Waals surface area contributed by atoms with Crippen LogP contribution in [0.2, 0.25) is 0 Å². The van der Waals surface area contributed by atoms with Crippen LogP contribution in [-0.2, 0) is 9.59 Å². The highest BCUT2D eigenvalue weighted by Gasteiger charge is 2.31. The van der Waals surface area contributed by atoms with Crippen molar-refractivity contribution < 1.29 is 19.8 Å². The van der Waals surface area contributed by atoms with E-state index >= 15 is 0 Å². The first kappa shape index (κ1) is 10.5. The van der Waals surface area contributed by atoms with E-state index in [2.05, 4.69) is 5.92 Å². The molecule has 0 fully saturated rings. The molecule has 4 heteroatoms. The van der Waals surface area contributed by atoms with Crippen molar-refractivity contribution in [3.05, 3.63) is 0 Å². The number of carboxylic acid groups (broad SMARTS) is 2. The molecule has 0 heterocycles. The number of hydrogen-bond donors (Lipinski definition) is 2. The van der Waals surface area contributed by atoms with Crippen LogP contribution in [0.1, 0.15) is 13.3 Å². The minimum Gasteiger partial charge on any atom is -0.481 e. The highest BCUT2D eigenvalue weighted by atomic mass is 16.4. The molecule has 0 rings (SSSR count). The maximum atomic E-state index is 10.4. The molecule has 12 heavy (non-hydrogen) atoms. The van der Waals surface area contributed by atoms with Gasteiger partial charge >= 0.3 is 11.9 Å². The fourth-order valence-electron chi connectivity index (χ4n) is 0.896. The number of carbonyl (C=O) groups is 2. The summed E-state index contributed by atoms with van der Waals surface area (Å²) >= 11 is 0. The van der Waals surface area contributed by atoms with E-state index in [1.807, 2.05) is 0 Å². The smallest absolute Gasteiger partial charge is 0.318 e. The quantitative estimate of drug-likeness (QED) is 0.474. The van der Waals surface area contributed by atoms with Gasteiger partial charge in [0, 0.05) is 6.42 Å². The molecule has 0 saturated heterocycles. The molecule has 0 aromatic rings. The molecule has 0 aliphatic rings. The molecule has 4 nitrogen and oxygen atoms in total. The third-order valence-corrected chi connectivity index (χ3v) is 1.54. The normalized spacial score (nSPS) is 12.1. The van der Waals surface area contributed by atoms with Gasteiger partial charge in [-0.2, -0.15) is 0 Å². The van der Waals surface area contributed by atoms with Crippen molar-refractivity contribution in [2.75, 3.05) is 0 Å². The Morgan fingerprint density at radius 1 is 1.42 bits per heavy atom. The van der Waals surface area contributed by atoms with Gasteiger partial charge in [0.05, 0.1) is 0 Å². The van der Waals surface area contributed by atoms with Crippen LogP contribution in [0.15, 0.2) is 0 Å². The number of rotatable bonds is 4. The largest absolute Gasteiger partial charge is 0.481 e. The Morgan fingerprint density at radius 3 is 2.08 bits per heavy atom. The molecule has 2 N–H and O–H groups in total. The summed E-state index contributed by atoms with van der Waals surface area (Å²) in [6, 6.07) is 0. The summed E-state index contributed by atoms with van der Waals surface area (Å²) in [7, 11) is 0. The minimum atomic E-state index is -1.40. The minimum absolute atomic E-state index is 0.156. The zero-order valence-corrected chi connectivity index (χ0v) is 6.65. The standard InChI is InChI=1S/C8H10O4/c1-3-4-5(2)6(7(9)10)8(11)12/h1,5-6H,4H2,2H3,(H,9,10)(H,11,12). The lowest BCUT2D eigenvalue weighted by molar-refractivity contribution is -0.156. The number of terminal acetylenes is 1. The lowest BCUT2D eigenvalue weighted by Crippen LogP contribution is -2.29. The van der Waals surface area contributed by atoms with E-state index in [9.17, 15) is 9.59 Å². The number of aliphatic carboxylic acids is 2. The van der Waals surface area contributed by atoms with Gasteiger partial charge in [0.15, 0.2) is 5.92 Å². The molecule has 1 unspecified atom stereocenters. The maximum absolute atomic E-state index is 10.4. The van der Waals surface area contributed by atoms with Gasteiger partial charge in [-0.15, -0.1) is 12.3 Å². The van der Waals surface area contributed by atoms with Crippen LogP contribution in [0.4, 0.5) is 0 Å². The molecule has 66 valence electrons. The predicted octanol–water partition coefficient (Wildman–Crippen LogP) is 0.431. The van der Waals surface area contributed by atoms with Gasteiger partial charge in [-0.25, -0.2) is 0 Å². The van der Waals surface area contributed by atoms with E-state index in [-0.39, 0.29) is 6.42 Å². The Labute approximate surface area is 70.2 Å². The fourth-order valence-corrected chi connectivity index (χ4v) is 0.896. The molecule has 0 spiro atoms. The highest BCUT2D eigenvalue weighted by molar-refractivity contribution is 5.93. The first-order valence-electron chi connectivity index (χ1n) is 3.39. The Hall–Kier alpha value is -1.50. The molecular formula is C8H10O4. The molecule has 0 aromatic heterocycles. The highest BCUT2D eigenvalue weighted by Crippen LogP contribution is 2.15. The lowest BCUT2D eigenvalue weighted by Gasteiger charge is -2.12. The van der Waals surface area contributed by atoms with Crippen LogP contribution in [-0.4, -0.2) is 22.2 Å². The van der Waals surface area contributed by atoms with Crippen molar-refractivity contribution in [3.63, 3.8) is 0 Å². The van der Waals surface area contributed by atoms with E-state index in [0.29, 0.717) is 0 Å². The zero-order chi connectivity index (χ0) is 9.72. The van der Waals surface area contributed by atoms with Gasteiger partial charge in [0.2, 0.25) is 0 Å². The number of hydrogen-bond acceptors (Lipinski definition) is 2. The van der Waals surface area contributed by atoms with Crippen molar-refractivity contribution in [2.45, 2.75) is 13.3 Å². The van der Waals surface area contributed by atoms with E-state index in [4.69, 9.17) is 16.6 Å². The average molecular weight is 170 g/mol. The Morgan fingerprint density at radius 2 is 1.83 bits per heavy atom. The summed E-state index contributed by atoms with van der Waals surface area (Å²) in [5, 5.41) is 17.0. The summed E-state index contributed by atoms with van der Waals surface area (Å²) in [5.74, 6) is -2.39. The molecule has 0 amide bonds. The van der Waals surface area contributed by atoms with E-state index in [1.54, 1.807) is 0 Å². The van der Waals surface area contributed by atoms with Crippen LogP contribution >= 0.6 is 0 Å². The second-order valence-electron chi connectivity index (χ2n) is 2.54. The van der Waals surface area contributed by atoms with E-state index in [1.165, 1.54) is 6.92 Å². The molecule has 0 aliphatic heterocycles. The SMILES string of the molecule is C#CCC(C)C(C(=O)O)C(=O)O. The van der Waals surface area contributed by atoms with E-state index < -0.39 is 23.8 Å². The van der Waals surface area contributed by atoms with E-state index in [0.717, 1.165) is 0 Å². The molecular weight excluding hydrogens is 160 g/mol. The van der Waals surface area contributed by atoms with Crippen LogP contribution in [0.25, 0.3) is 0 Å². The molecule has 0 aliphatic carbocycles. The predicted molar refractivity (Wildman–Crippen MR) is 41.4 cm³/mol. The zero-order valence-electron chi connectivity index (χ0n) is 6.65. The van der Waals surface area contributed by atoms with Crippen LogP contribution in [0.3, 0.4) is 0 Å². The van der Waals surface area contributed by atoms with Gasteiger partial charge in [-0.3, -0.25) is 9.59 Å². The molecule has 0 saturated carbocycles. The summed E-state index contributed by atoms with van der Waals surface area (Å²) in [6.45, 7) is 1.51. The van der Waals surface area contributed by atoms with Gasteiger partial charge in [0.1, 0.15) is 0 Å². The maximum Gasteiger partial charge on any atom is 0.318 e. The lowest BCUT2D eigenvalue weighted by atomic mass is 9.92. The Balaban J connectivity index is 4.42. The molecule has 0 radical (unpaired) electrons. The third-order valence-electron chi connectivity index (χ3n) is 1.54. The molecule has 1 atom stereocenters. The topological polar surface area (TPSA) is 74.6 Å². The summed E-state index contributed by atoms with van der Waals surface area (Å²) in [6.07, 6.45) is 5.09. The monoisotopic (exact) mass is 170 g/mol. The van der Waals surface area contributed by atoms with Gasteiger partial charge in [-0.1, -0.05) is 6.92 Å². The van der Waals surface area contributed by atoms with Crippen molar-refractivity contribution in [3.8, 4) is 12.3 Å². The van der Waals surface area contributed by atoms with Gasteiger partial charge in [0.25, 0.3) is 0 Å². The van der Waals surface area contributed by atoms with Crippen molar-refractivity contribution in [1.29, 1.82) is 0 Å². The first-order chi connectivity index (χ1) is 5.50. The summed E-state index contributed by atoms with van der Waals surface area (Å²) in [4.78, 5) is 20.8. The Bertz CT molecular complexity index is 212. The van der Waals surface area contributed by atoms with Gasteiger partial charge in [-0.05, 0) is 5.92 Å². The van der Waals surface area contributed by atoms with Crippen LogP contribution in [0.5, 0.6) is 0 Å². The molecule has 0 aromatic carbocycles. The first-order valence-corrected chi connectivity index (χ1v) is 3.39. The van der Waals surface area contributed by atoms with Crippen molar-refractivity contribution >= 4 is 11.9 Å². The second kappa shape index (κ2) is 4.39. The third kappa shape index (κ3) is 2.62. The van der Waals surface area contributed by atoms with Crippen molar-refractivity contribution in [1.82, 2.24) is 0 Å². The Kier molecular flexibility index (Phi) is 3.84. The van der Waals surface area contributed by atoms with Crippen molar-refractivity contribution in [2.24, 2.45) is 11.8 Å². The number of carboxylic acids is 2. The molecule has 0 bridgehead atoms.